The molecule has 0 heterocycles. The van der Waals surface area contributed by atoms with Crippen LogP contribution in [0.5, 0.6) is 0 Å². The second kappa shape index (κ2) is 7.77. The maximum atomic E-state index is 13.6. The molecule has 4 nitrogen and oxygen atoms in total. The number of hydrogen-bond acceptors (Lipinski definition) is 3. The van der Waals surface area contributed by atoms with Crippen molar-refractivity contribution in [2.45, 2.75) is 51.7 Å². The highest BCUT2D eigenvalue weighted by Gasteiger charge is 2.27. The topological polar surface area (TPSA) is 55.4 Å². The van der Waals surface area contributed by atoms with Gasteiger partial charge in [0.05, 0.1) is 5.56 Å². The van der Waals surface area contributed by atoms with Crippen LogP contribution in [0.2, 0.25) is 5.02 Å². The van der Waals surface area contributed by atoms with Crippen LogP contribution in [0.25, 0.3) is 0 Å². The van der Waals surface area contributed by atoms with E-state index < -0.39 is 17.9 Å². The average molecular weight is 342 g/mol. The van der Waals surface area contributed by atoms with Gasteiger partial charge in [-0.1, -0.05) is 31.4 Å². The van der Waals surface area contributed by atoms with Gasteiger partial charge in [0.1, 0.15) is 5.82 Å². The Kier molecular flexibility index (Phi) is 5.99. The summed E-state index contributed by atoms with van der Waals surface area (Å²) in [6.07, 6.45) is 3.27. The molecule has 1 aromatic carbocycles. The maximum Gasteiger partial charge on any atom is 0.341 e. The second-order valence-electron chi connectivity index (χ2n) is 6.05. The van der Waals surface area contributed by atoms with E-state index in [1.54, 1.807) is 0 Å². The second-order valence-corrected chi connectivity index (χ2v) is 6.48. The zero-order valence-corrected chi connectivity index (χ0v) is 14.0. The normalized spacial score (nSPS) is 22.3. The summed E-state index contributed by atoms with van der Waals surface area (Å²) in [6, 6.07) is 3.72. The van der Waals surface area contributed by atoms with Crippen molar-refractivity contribution >= 4 is 23.5 Å². The van der Waals surface area contributed by atoms with E-state index in [4.69, 9.17) is 16.3 Å². The number of benzene rings is 1. The van der Waals surface area contributed by atoms with Gasteiger partial charge >= 0.3 is 5.97 Å². The molecule has 126 valence electrons. The van der Waals surface area contributed by atoms with Gasteiger partial charge in [-0.3, -0.25) is 4.79 Å². The molecule has 3 atom stereocenters. The molecule has 0 bridgehead atoms. The van der Waals surface area contributed by atoms with Gasteiger partial charge in [0.15, 0.2) is 6.10 Å². The van der Waals surface area contributed by atoms with Crippen LogP contribution in [0, 0.1) is 11.7 Å². The van der Waals surface area contributed by atoms with Crippen LogP contribution in [0.4, 0.5) is 4.39 Å². The van der Waals surface area contributed by atoms with Crippen molar-refractivity contribution in [3.63, 3.8) is 0 Å². The molecule has 0 saturated heterocycles. The van der Waals surface area contributed by atoms with E-state index in [1.807, 2.05) is 0 Å². The van der Waals surface area contributed by atoms with Crippen molar-refractivity contribution in [1.29, 1.82) is 0 Å². The number of nitrogens with one attached hydrogen (secondary N) is 1. The van der Waals surface area contributed by atoms with Crippen LogP contribution < -0.4 is 5.32 Å². The van der Waals surface area contributed by atoms with E-state index in [1.165, 1.54) is 25.5 Å². The quantitative estimate of drug-likeness (QED) is 0.849. The van der Waals surface area contributed by atoms with Gasteiger partial charge in [-0.25, -0.2) is 9.18 Å². The molecule has 1 N–H and O–H groups in total. The fourth-order valence-corrected chi connectivity index (χ4v) is 2.93. The summed E-state index contributed by atoms with van der Waals surface area (Å²) in [5.41, 5.74) is -0.275. The Balaban J connectivity index is 1.94. The molecule has 0 unspecified atom stereocenters. The number of carbonyl (C=O) groups is 2. The van der Waals surface area contributed by atoms with Crippen LogP contribution in [0.1, 0.15) is 49.9 Å². The predicted octanol–water partition coefficient (Wildman–Crippen LogP) is 3.72. The predicted molar refractivity (Wildman–Crippen MR) is 85.9 cm³/mol. The Labute approximate surface area is 140 Å². The Hall–Kier alpha value is -1.62. The molecule has 1 aliphatic carbocycles. The molecule has 1 saturated carbocycles. The Morgan fingerprint density at radius 2 is 2.04 bits per heavy atom. The molecule has 2 rings (SSSR count). The van der Waals surface area contributed by atoms with Gasteiger partial charge in [0.2, 0.25) is 0 Å². The first-order chi connectivity index (χ1) is 10.9. The first-order valence-electron chi connectivity index (χ1n) is 7.85. The average Bonchev–Trinajstić information content (AvgIpc) is 2.51. The van der Waals surface area contributed by atoms with Gasteiger partial charge in [-0.15, -0.1) is 0 Å². The lowest BCUT2D eigenvalue weighted by Gasteiger charge is -2.30. The highest BCUT2D eigenvalue weighted by atomic mass is 35.5. The van der Waals surface area contributed by atoms with E-state index in [2.05, 4.69) is 12.2 Å². The Morgan fingerprint density at radius 3 is 2.74 bits per heavy atom. The molecule has 6 heteroatoms. The Bertz CT molecular complexity index is 593. The molecular weight excluding hydrogens is 321 g/mol. The smallest absolute Gasteiger partial charge is 0.341 e. The molecule has 1 aliphatic rings. The lowest BCUT2D eigenvalue weighted by Crippen LogP contribution is -2.46. The van der Waals surface area contributed by atoms with Gasteiger partial charge in [-0.05, 0) is 43.9 Å². The summed E-state index contributed by atoms with van der Waals surface area (Å²) in [7, 11) is 0. The maximum absolute atomic E-state index is 13.6. The molecule has 23 heavy (non-hydrogen) atoms. The molecule has 1 amide bonds. The van der Waals surface area contributed by atoms with Gasteiger partial charge in [0, 0.05) is 11.1 Å². The third-order valence-electron chi connectivity index (χ3n) is 4.24. The monoisotopic (exact) mass is 341 g/mol. The molecule has 1 aromatic rings. The summed E-state index contributed by atoms with van der Waals surface area (Å²) in [6.45, 7) is 3.57. The zero-order valence-electron chi connectivity index (χ0n) is 13.3. The zero-order chi connectivity index (χ0) is 17.0. The van der Waals surface area contributed by atoms with Crippen molar-refractivity contribution in [2.75, 3.05) is 0 Å². The van der Waals surface area contributed by atoms with Crippen molar-refractivity contribution < 1.29 is 18.7 Å². The number of ether oxygens (including phenoxy) is 1. The fraction of sp³-hybridized carbons (Fsp3) is 0.529. The van der Waals surface area contributed by atoms with E-state index in [-0.39, 0.29) is 22.5 Å². The minimum Gasteiger partial charge on any atom is -0.449 e. The number of amides is 1. The standard InChI is InChI=1S/C17H21ClFNO3/c1-10-5-3-4-6-15(10)20-16(21)11(2)23-17(22)13-9-12(18)7-8-14(13)19/h7-11,15H,3-6H2,1-2H3,(H,20,21)/t10-,11-,15+/m1/s1. The van der Waals surface area contributed by atoms with Gasteiger partial charge < -0.3 is 10.1 Å². The minimum atomic E-state index is -0.991. The van der Waals surface area contributed by atoms with Crippen molar-refractivity contribution in [2.24, 2.45) is 5.92 Å². The van der Waals surface area contributed by atoms with E-state index in [0.29, 0.717) is 5.92 Å². The van der Waals surface area contributed by atoms with Crippen LogP contribution >= 0.6 is 11.6 Å². The van der Waals surface area contributed by atoms with Crippen molar-refractivity contribution in [3.05, 3.63) is 34.6 Å². The van der Waals surface area contributed by atoms with Crippen LogP contribution in [-0.4, -0.2) is 24.0 Å². The molecule has 0 radical (unpaired) electrons. The van der Waals surface area contributed by atoms with Gasteiger partial charge in [-0.2, -0.15) is 0 Å². The van der Waals surface area contributed by atoms with E-state index in [9.17, 15) is 14.0 Å². The molecule has 0 aromatic heterocycles. The number of halogens is 2. The third kappa shape index (κ3) is 4.67. The highest BCUT2D eigenvalue weighted by molar-refractivity contribution is 6.30. The number of carbonyl (C=O) groups excluding carboxylic acids is 2. The minimum absolute atomic E-state index is 0.0975. The van der Waals surface area contributed by atoms with Crippen LogP contribution in [0.3, 0.4) is 0 Å². The SMILES string of the molecule is C[C@@H]1CCCC[C@@H]1NC(=O)[C@@H](C)OC(=O)c1cc(Cl)ccc1F. The first kappa shape index (κ1) is 17.7. The lowest BCUT2D eigenvalue weighted by atomic mass is 9.86. The first-order valence-corrected chi connectivity index (χ1v) is 8.22. The largest absolute Gasteiger partial charge is 0.449 e. The van der Waals surface area contributed by atoms with Crippen LogP contribution in [-0.2, 0) is 9.53 Å². The summed E-state index contributed by atoms with van der Waals surface area (Å²) >= 11 is 5.75. The van der Waals surface area contributed by atoms with E-state index >= 15 is 0 Å². The summed E-state index contributed by atoms with van der Waals surface area (Å²) in [4.78, 5) is 24.2. The van der Waals surface area contributed by atoms with E-state index in [0.717, 1.165) is 25.3 Å². The van der Waals surface area contributed by atoms with Crippen molar-refractivity contribution in [3.8, 4) is 0 Å². The number of esters is 1. The van der Waals surface area contributed by atoms with Crippen molar-refractivity contribution in [1.82, 2.24) is 5.32 Å². The number of hydrogen-bond donors (Lipinski definition) is 1. The Morgan fingerprint density at radius 1 is 1.35 bits per heavy atom. The third-order valence-corrected chi connectivity index (χ3v) is 4.48. The highest BCUT2D eigenvalue weighted by Crippen LogP contribution is 2.24. The summed E-state index contributed by atoms with van der Waals surface area (Å²) in [5.74, 6) is -1.59. The molecule has 0 aliphatic heterocycles. The fourth-order valence-electron chi connectivity index (χ4n) is 2.76. The lowest BCUT2D eigenvalue weighted by molar-refractivity contribution is -0.130. The summed E-state index contributed by atoms with van der Waals surface area (Å²) < 4.78 is 18.7. The summed E-state index contributed by atoms with van der Waals surface area (Å²) in [5, 5.41) is 3.14. The van der Waals surface area contributed by atoms with Crippen LogP contribution in [0.15, 0.2) is 18.2 Å². The molecular formula is C17H21ClFNO3. The molecule has 0 spiro atoms. The van der Waals surface area contributed by atoms with Gasteiger partial charge in [0.25, 0.3) is 5.91 Å². The number of rotatable bonds is 4. The molecule has 1 fully saturated rings.